The molecular formula is C14H13F2N. The number of nitrogens with two attached hydrogens (primary N) is 1. The van der Waals surface area contributed by atoms with E-state index in [0.717, 1.165) is 23.6 Å². The van der Waals surface area contributed by atoms with Crippen LogP contribution in [0.4, 0.5) is 14.5 Å². The van der Waals surface area contributed by atoms with Crippen LogP contribution in [0.1, 0.15) is 12.5 Å². The van der Waals surface area contributed by atoms with Crippen LogP contribution in [-0.4, -0.2) is 0 Å². The Balaban J connectivity index is 2.46. The van der Waals surface area contributed by atoms with Crippen LogP contribution in [0.5, 0.6) is 0 Å². The predicted molar refractivity (Wildman–Crippen MR) is 65.6 cm³/mol. The van der Waals surface area contributed by atoms with E-state index in [1.54, 1.807) is 12.1 Å². The molecule has 0 aliphatic rings. The van der Waals surface area contributed by atoms with Crippen LogP contribution in [-0.2, 0) is 6.42 Å². The van der Waals surface area contributed by atoms with E-state index < -0.39 is 11.6 Å². The molecule has 88 valence electrons. The molecule has 2 N–H and O–H groups in total. The van der Waals surface area contributed by atoms with E-state index in [4.69, 9.17) is 5.73 Å². The number of anilines is 1. The van der Waals surface area contributed by atoms with Crippen molar-refractivity contribution < 1.29 is 8.78 Å². The van der Waals surface area contributed by atoms with Crippen molar-refractivity contribution in [2.45, 2.75) is 13.3 Å². The number of hydrogen-bond acceptors (Lipinski definition) is 1. The van der Waals surface area contributed by atoms with Crippen LogP contribution in [0.3, 0.4) is 0 Å². The van der Waals surface area contributed by atoms with Crippen molar-refractivity contribution in [2.24, 2.45) is 0 Å². The average molecular weight is 233 g/mol. The van der Waals surface area contributed by atoms with Gasteiger partial charge in [0.2, 0.25) is 0 Å². The van der Waals surface area contributed by atoms with E-state index >= 15 is 0 Å². The van der Waals surface area contributed by atoms with Crippen molar-refractivity contribution in [1.82, 2.24) is 0 Å². The normalized spacial score (nSPS) is 10.5. The highest BCUT2D eigenvalue weighted by Crippen LogP contribution is 2.25. The highest BCUT2D eigenvalue weighted by molar-refractivity contribution is 5.69. The minimum atomic E-state index is -0.847. The molecule has 2 aromatic carbocycles. The molecule has 17 heavy (non-hydrogen) atoms. The predicted octanol–water partition coefficient (Wildman–Crippen LogP) is 3.78. The molecule has 0 amide bonds. The van der Waals surface area contributed by atoms with Gasteiger partial charge in [-0.3, -0.25) is 0 Å². The lowest BCUT2D eigenvalue weighted by Crippen LogP contribution is -1.93. The van der Waals surface area contributed by atoms with E-state index in [9.17, 15) is 8.78 Å². The van der Waals surface area contributed by atoms with Gasteiger partial charge in [0.05, 0.1) is 0 Å². The molecule has 0 heterocycles. The van der Waals surface area contributed by atoms with Crippen molar-refractivity contribution in [3.8, 4) is 11.1 Å². The maximum atomic E-state index is 13.1. The summed E-state index contributed by atoms with van der Waals surface area (Å²) in [6.07, 6.45) is 0.851. The second-order valence-electron chi connectivity index (χ2n) is 3.90. The molecule has 0 aromatic heterocycles. The van der Waals surface area contributed by atoms with E-state index in [-0.39, 0.29) is 0 Å². The smallest absolute Gasteiger partial charge is 0.159 e. The molecule has 0 atom stereocenters. The van der Waals surface area contributed by atoms with Gasteiger partial charge in [0.1, 0.15) is 0 Å². The molecule has 0 radical (unpaired) electrons. The quantitative estimate of drug-likeness (QED) is 0.785. The Morgan fingerprint density at radius 2 is 1.59 bits per heavy atom. The zero-order chi connectivity index (χ0) is 12.4. The molecule has 0 unspecified atom stereocenters. The van der Waals surface area contributed by atoms with Gasteiger partial charge in [0.25, 0.3) is 0 Å². The van der Waals surface area contributed by atoms with Crippen LogP contribution in [0.15, 0.2) is 36.4 Å². The fourth-order valence-electron chi connectivity index (χ4n) is 1.77. The molecule has 0 bridgehead atoms. The fraction of sp³-hybridized carbons (Fsp3) is 0.143. The second kappa shape index (κ2) is 4.53. The molecule has 2 rings (SSSR count). The fourth-order valence-corrected chi connectivity index (χ4v) is 1.77. The summed E-state index contributed by atoms with van der Waals surface area (Å²) in [4.78, 5) is 0. The monoisotopic (exact) mass is 233 g/mol. The summed E-state index contributed by atoms with van der Waals surface area (Å²) in [5.41, 5.74) is 9.01. The summed E-state index contributed by atoms with van der Waals surface area (Å²) in [5, 5.41) is 0. The topological polar surface area (TPSA) is 26.0 Å². The number of rotatable bonds is 2. The number of hydrogen-bond donors (Lipinski definition) is 1. The first-order chi connectivity index (χ1) is 8.11. The molecule has 0 saturated carbocycles. The molecule has 0 aliphatic heterocycles. The van der Waals surface area contributed by atoms with Gasteiger partial charge in [0, 0.05) is 5.69 Å². The molecule has 0 aliphatic carbocycles. The zero-order valence-corrected chi connectivity index (χ0v) is 9.50. The van der Waals surface area contributed by atoms with Crippen molar-refractivity contribution in [3.63, 3.8) is 0 Å². The maximum Gasteiger partial charge on any atom is 0.159 e. The van der Waals surface area contributed by atoms with Crippen LogP contribution < -0.4 is 5.73 Å². The standard InChI is InChI=1S/C14H13F2N/c1-2-9-3-4-11(8-14(9)17)10-5-6-12(15)13(16)7-10/h3-8H,2,17H2,1H3. The lowest BCUT2D eigenvalue weighted by molar-refractivity contribution is 0.509. The SMILES string of the molecule is CCc1ccc(-c2ccc(F)c(F)c2)cc1N. The first-order valence-electron chi connectivity index (χ1n) is 5.45. The van der Waals surface area contributed by atoms with Crippen molar-refractivity contribution in [1.29, 1.82) is 0 Å². The number of aryl methyl sites for hydroxylation is 1. The molecule has 0 spiro atoms. The Labute approximate surface area is 98.9 Å². The van der Waals surface area contributed by atoms with Crippen molar-refractivity contribution >= 4 is 5.69 Å². The van der Waals surface area contributed by atoms with E-state index in [2.05, 4.69) is 0 Å². The van der Waals surface area contributed by atoms with Crippen molar-refractivity contribution in [2.75, 3.05) is 5.73 Å². The molecular weight excluding hydrogens is 220 g/mol. The van der Waals surface area contributed by atoms with Crippen molar-refractivity contribution in [3.05, 3.63) is 53.6 Å². The summed E-state index contributed by atoms with van der Waals surface area (Å²) in [6.45, 7) is 2.02. The molecule has 2 aromatic rings. The largest absolute Gasteiger partial charge is 0.398 e. The number of benzene rings is 2. The highest BCUT2D eigenvalue weighted by atomic mass is 19.2. The van der Waals surface area contributed by atoms with E-state index in [0.29, 0.717) is 11.3 Å². The lowest BCUT2D eigenvalue weighted by atomic mass is 10.0. The highest BCUT2D eigenvalue weighted by Gasteiger charge is 2.06. The summed E-state index contributed by atoms with van der Waals surface area (Å²) in [5.74, 6) is -1.69. The number of halogens is 2. The Morgan fingerprint density at radius 3 is 2.18 bits per heavy atom. The Hall–Kier alpha value is -1.90. The van der Waals surface area contributed by atoms with Crippen LogP contribution in [0, 0.1) is 11.6 Å². The first-order valence-corrected chi connectivity index (χ1v) is 5.45. The minimum Gasteiger partial charge on any atom is -0.398 e. The van der Waals surface area contributed by atoms with Gasteiger partial charge in [0.15, 0.2) is 11.6 Å². The number of nitrogen functional groups attached to an aromatic ring is 1. The molecule has 0 saturated heterocycles. The van der Waals surface area contributed by atoms with Gasteiger partial charge >= 0.3 is 0 Å². The Morgan fingerprint density at radius 1 is 0.941 bits per heavy atom. The van der Waals surface area contributed by atoms with Gasteiger partial charge in [-0.2, -0.15) is 0 Å². The first kappa shape index (κ1) is 11.6. The van der Waals surface area contributed by atoms with Crippen LogP contribution >= 0.6 is 0 Å². The second-order valence-corrected chi connectivity index (χ2v) is 3.90. The van der Waals surface area contributed by atoms with Crippen LogP contribution in [0.25, 0.3) is 11.1 Å². The summed E-state index contributed by atoms with van der Waals surface area (Å²) < 4.78 is 25.9. The Kier molecular flexibility index (Phi) is 3.09. The van der Waals surface area contributed by atoms with Gasteiger partial charge < -0.3 is 5.73 Å². The van der Waals surface area contributed by atoms with E-state index in [1.165, 1.54) is 6.07 Å². The van der Waals surface area contributed by atoms with Gasteiger partial charge in [-0.15, -0.1) is 0 Å². The van der Waals surface area contributed by atoms with Gasteiger partial charge in [-0.25, -0.2) is 8.78 Å². The van der Waals surface area contributed by atoms with Gasteiger partial charge in [-0.1, -0.05) is 25.1 Å². The maximum absolute atomic E-state index is 13.1. The average Bonchev–Trinajstić information content (AvgIpc) is 2.32. The van der Waals surface area contributed by atoms with Gasteiger partial charge in [-0.05, 0) is 41.3 Å². The molecule has 0 fully saturated rings. The third kappa shape index (κ3) is 2.28. The summed E-state index contributed by atoms with van der Waals surface area (Å²) >= 11 is 0. The summed E-state index contributed by atoms with van der Waals surface area (Å²) in [7, 11) is 0. The van der Waals surface area contributed by atoms with E-state index in [1.807, 2.05) is 19.1 Å². The lowest BCUT2D eigenvalue weighted by Gasteiger charge is -2.07. The molecule has 1 nitrogen and oxygen atoms in total. The zero-order valence-electron chi connectivity index (χ0n) is 9.50. The summed E-state index contributed by atoms with van der Waals surface area (Å²) in [6, 6.07) is 9.39. The minimum absolute atomic E-state index is 0.623. The van der Waals surface area contributed by atoms with Crippen LogP contribution in [0.2, 0.25) is 0 Å². The molecule has 3 heteroatoms. The Bertz CT molecular complexity index is 550. The third-order valence-electron chi connectivity index (χ3n) is 2.78. The third-order valence-corrected chi connectivity index (χ3v) is 2.78.